The van der Waals surface area contributed by atoms with Crippen molar-refractivity contribution in [3.63, 3.8) is 0 Å². The molecule has 0 radical (unpaired) electrons. The Morgan fingerprint density at radius 3 is 2.45 bits per heavy atom. The smallest absolute Gasteiger partial charge is 0.306 e. The third-order valence-electron chi connectivity index (χ3n) is 3.77. The number of hydrogen-bond acceptors (Lipinski definition) is 4. The maximum absolute atomic E-state index is 12.3. The maximum atomic E-state index is 12.3. The number of sulfonamides is 1. The molecule has 0 amide bonds. The normalized spacial score (nSPS) is 22.0. The number of aliphatic carboxylic acids is 1. The second kappa shape index (κ2) is 6.65. The van der Waals surface area contributed by atoms with Crippen molar-refractivity contribution in [2.75, 3.05) is 0 Å². The average molecular weight is 343 g/mol. The lowest BCUT2D eigenvalue weighted by molar-refractivity contribution is -0.142. The van der Waals surface area contributed by atoms with E-state index in [2.05, 4.69) is 4.72 Å². The number of rotatable bonds is 4. The molecule has 1 saturated carbocycles. The van der Waals surface area contributed by atoms with Gasteiger partial charge in [0.25, 0.3) is 0 Å². The van der Waals surface area contributed by atoms with Gasteiger partial charge in [-0.25, -0.2) is 13.1 Å². The van der Waals surface area contributed by atoms with Crippen LogP contribution in [-0.4, -0.2) is 25.5 Å². The first-order valence-corrected chi connectivity index (χ1v) is 8.64. The first-order valence-electron chi connectivity index (χ1n) is 6.78. The number of nitrogens with zero attached hydrogens (tertiary/aromatic N) is 1. The molecule has 1 aliphatic rings. The summed E-state index contributed by atoms with van der Waals surface area (Å²) in [5, 5.41) is 17.8. The van der Waals surface area contributed by atoms with E-state index in [1.54, 1.807) is 0 Å². The molecule has 1 fully saturated rings. The van der Waals surface area contributed by atoms with E-state index in [1.807, 2.05) is 6.07 Å². The number of hydrogen-bond donors (Lipinski definition) is 2. The maximum Gasteiger partial charge on any atom is 0.306 e. The fraction of sp³-hybridized carbons (Fsp3) is 0.429. The Labute approximate surface area is 133 Å². The van der Waals surface area contributed by atoms with Gasteiger partial charge < -0.3 is 5.11 Å². The molecule has 6 nitrogen and oxygen atoms in total. The van der Waals surface area contributed by atoms with Crippen molar-refractivity contribution in [2.45, 2.75) is 36.6 Å². The molecule has 0 unspecified atom stereocenters. The van der Waals surface area contributed by atoms with Crippen molar-refractivity contribution in [3.05, 3.63) is 28.8 Å². The molecule has 0 saturated heterocycles. The van der Waals surface area contributed by atoms with E-state index in [4.69, 9.17) is 22.0 Å². The molecule has 0 aliphatic heterocycles. The Kier molecular flexibility index (Phi) is 5.06. The summed E-state index contributed by atoms with van der Waals surface area (Å²) in [6, 6.07) is 5.52. The van der Waals surface area contributed by atoms with Crippen LogP contribution in [0.15, 0.2) is 23.1 Å². The van der Waals surface area contributed by atoms with Gasteiger partial charge in [0.05, 0.1) is 21.4 Å². The molecule has 1 aromatic rings. The van der Waals surface area contributed by atoms with Gasteiger partial charge in [-0.05, 0) is 43.9 Å². The zero-order valence-corrected chi connectivity index (χ0v) is 13.2. The fourth-order valence-corrected chi connectivity index (χ4v) is 4.12. The third kappa shape index (κ3) is 3.77. The predicted octanol–water partition coefficient (Wildman–Crippen LogP) is 2.13. The molecule has 0 atom stereocenters. The number of nitriles is 1. The van der Waals surface area contributed by atoms with E-state index in [0.717, 1.165) is 0 Å². The van der Waals surface area contributed by atoms with Gasteiger partial charge in [-0.15, -0.1) is 0 Å². The van der Waals surface area contributed by atoms with Crippen molar-refractivity contribution in [1.82, 2.24) is 4.72 Å². The standard InChI is InChI=1S/C14H15ClN2O4S/c15-13-7-12(6-3-10(13)8-16)22(20,21)17-11-4-1-9(2-5-11)14(18)19/h3,6-7,9,11,17H,1-2,4-5H2,(H,18,19). The lowest BCUT2D eigenvalue weighted by Crippen LogP contribution is -2.38. The molecule has 2 rings (SSSR count). The minimum absolute atomic E-state index is 0.00291. The average Bonchev–Trinajstić information content (AvgIpc) is 2.47. The SMILES string of the molecule is N#Cc1ccc(S(=O)(=O)NC2CCC(C(=O)O)CC2)cc1Cl. The first-order chi connectivity index (χ1) is 10.3. The summed E-state index contributed by atoms with van der Waals surface area (Å²) in [6.07, 6.45) is 1.88. The highest BCUT2D eigenvalue weighted by atomic mass is 35.5. The molecule has 1 aliphatic carbocycles. The van der Waals surface area contributed by atoms with Gasteiger partial charge >= 0.3 is 5.97 Å². The van der Waals surface area contributed by atoms with Crippen molar-refractivity contribution in [3.8, 4) is 6.07 Å². The molecule has 8 heteroatoms. The van der Waals surface area contributed by atoms with Crippen LogP contribution in [0.4, 0.5) is 0 Å². The molecular weight excluding hydrogens is 328 g/mol. The van der Waals surface area contributed by atoms with Crippen molar-refractivity contribution >= 4 is 27.6 Å². The van der Waals surface area contributed by atoms with Gasteiger partial charge in [0.15, 0.2) is 0 Å². The summed E-state index contributed by atoms with van der Waals surface area (Å²) in [4.78, 5) is 10.9. The summed E-state index contributed by atoms with van der Waals surface area (Å²) in [5.74, 6) is -1.23. The van der Waals surface area contributed by atoms with Crippen LogP contribution in [0.2, 0.25) is 5.02 Å². The van der Waals surface area contributed by atoms with E-state index >= 15 is 0 Å². The van der Waals surface area contributed by atoms with Crippen LogP contribution < -0.4 is 4.72 Å². The summed E-state index contributed by atoms with van der Waals surface area (Å²) in [7, 11) is -3.74. The highest BCUT2D eigenvalue weighted by molar-refractivity contribution is 7.89. The Bertz CT molecular complexity index is 719. The van der Waals surface area contributed by atoms with Crippen molar-refractivity contribution in [1.29, 1.82) is 5.26 Å². The summed E-state index contributed by atoms with van der Waals surface area (Å²) in [6.45, 7) is 0. The van der Waals surface area contributed by atoms with Gasteiger partial charge in [-0.2, -0.15) is 5.26 Å². The van der Waals surface area contributed by atoms with Crippen LogP contribution in [0.5, 0.6) is 0 Å². The second-order valence-corrected chi connectivity index (χ2v) is 7.38. The number of carboxylic acid groups (broad SMARTS) is 1. The quantitative estimate of drug-likeness (QED) is 0.871. The largest absolute Gasteiger partial charge is 0.481 e. The highest BCUT2D eigenvalue weighted by Crippen LogP contribution is 2.26. The van der Waals surface area contributed by atoms with Crippen LogP contribution >= 0.6 is 11.6 Å². The van der Waals surface area contributed by atoms with Crippen LogP contribution in [0.1, 0.15) is 31.2 Å². The van der Waals surface area contributed by atoms with E-state index in [-0.39, 0.29) is 21.5 Å². The Hall–Kier alpha value is -1.62. The minimum atomic E-state index is -3.74. The lowest BCUT2D eigenvalue weighted by atomic mass is 9.87. The lowest BCUT2D eigenvalue weighted by Gasteiger charge is -2.26. The van der Waals surface area contributed by atoms with Crippen LogP contribution in [0, 0.1) is 17.2 Å². The van der Waals surface area contributed by atoms with Crippen molar-refractivity contribution < 1.29 is 18.3 Å². The molecule has 118 valence electrons. The van der Waals surface area contributed by atoms with E-state index < -0.39 is 21.9 Å². The monoisotopic (exact) mass is 342 g/mol. The Morgan fingerprint density at radius 2 is 1.95 bits per heavy atom. The zero-order chi connectivity index (χ0) is 16.3. The molecular formula is C14H15ClN2O4S. The van der Waals surface area contributed by atoms with E-state index in [0.29, 0.717) is 25.7 Å². The second-order valence-electron chi connectivity index (χ2n) is 5.26. The van der Waals surface area contributed by atoms with Gasteiger partial charge in [-0.1, -0.05) is 11.6 Å². The van der Waals surface area contributed by atoms with Crippen LogP contribution in [0.25, 0.3) is 0 Å². The van der Waals surface area contributed by atoms with Crippen molar-refractivity contribution in [2.24, 2.45) is 5.92 Å². The van der Waals surface area contributed by atoms with Crippen LogP contribution in [0.3, 0.4) is 0 Å². The number of nitrogens with one attached hydrogen (secondary N) is 1. The Morgan fingerprint density at radius 1 is 1.32 bits per heavy atom. The number of carboxylic acids is 1. The molecule has 1 aromatic carbocycles. The number of carbonyl (C=O) groups is 1. The fourth-order valence-electron chi connectivity index (χ4n) is 2.50. The van der Waals surface area contributed by atoms with Gasteiger partial charge in [0.1, 0.15) is 6.07 Å². The molecule has 0 aromatic heterocycles. The molecule has 0 bridgehead atoms. The molecule has 0 heterocycles. The van der Waals surface area contributed by atoms with Crippen LogP contribution in [-0.2, 0) is 14.8 Å². The highest BCUT2D eigenvalue weighted by Gasteiger charge is 2.29. The minimum Gasteiger partial charge on any atom is -0.481 e. The third-order valence-corrected chi connectivity index (χ3v) is 5.60. The molecule has 2 N–H and O–H groups in total. The molecule has 22 heavy (non-hydrogen) atoms. The number of halogens is 1. The zero-order valence-electron chi connectivity index (χ0n) is 11.6. The number of benzene rings is 1. The first kappa shape index (κ1) is 16.7. The topological polar surface area (TPSA) is 107 Å². The summed E-state index contributed by atoms with van der Waals surface area (Å²) >= 11 is 5.85. The van der Waals surface area contributed by atoms with E-state index in [1.165, 1.54) is 18.2 Å². The van der Waals surface area contributed by atoms with E-state index in [9.17, 15) is 13.2 Å². The predicted molar refractivity (Wildman–Crippen MR) is 79.9 cm³/mol. The Balaban J connectivity index is 2.08. The summed E-state index contributed by atoms with van der Waals surface area (Å²) in [5.41, 5.74) is 0.211. The summed E-state index contributed by atoms with van der Waals surface area (Å²) < 4.78 is 27.2. The molecule has 0 spiro atoms. The van der Waals surface area contributed by atoms with Gasteiger partial charge in [-0.3, -0.25) is 4.79 Å². The van der Waals surface area contributed by atoms with Gasteiger partial charge in [0.2, 0.25) is 10.0 Å². The van der Waals surface area contributed by atoms with Gasteiger partial charge in [0, 0.05) is 6.04 Å².